The molecular weight excluding hydrogens is 489 g/mol. The van der Waals surface area contributed by atoms with E-state index in [4.69, 9.17) is 0 Å². The Kier molecular flexibility index (Phi) is 5.68. The van der Waals surface area contributed by atoms with Crippen LogP contribution in [0, 0.1) is 19.7 Å². The fraction of sp³-hybridized carbons (Fsp3) is 0.393. The summed E-state index contributed by atoms with van der Waals surface area (Å²) in [6, 6.07) is 4.27. The van der Waals surface area contributed by atoms with Gasteiger partial charge in [-0.15, -0.1) is 0 Å². The van der Waals surface area contributed by atoms with Crippen LogP contribution in [0.15, 0.2) is 56.1 Å². The van der Waals surface area contributed by atoms with Crippen molar-refractivity contribution in [1.29, 1.82) is 0 Å². The molecule has 0 atom stereocenters. The van der Waals surface area contributed by atoms with Crippen molar-refractivity contribution in [2.75, 3.05) is 18.4 Å². The van der Waals surface area contributed by atoms with Gasteiger partial charge in [-0.05, 0) is 63.3 Å². The van der Waals surface area contributed by atoms with Crippen LogP contribution in [0.25, 0.3) is 16.7 Å². The van der Waals surface area contributed by atoms with Crippen molar-refractivity contribution in [2.24, 2.45) is 7.05 Å². The van der Waals surface area contributed by atoms with E-state index in [2.05, 4.69) is 10.2 Å². The number of aliphatic hydroxyl groups is 1. The van der Waals surface area contributed by atoms with Gasteiger partial charge in [-0.25, -0.2) is 13.8 Å². The van der Waals surface area contributed by atoms with Gasteiger partial charge in [0.25, 0.3) is 11.1 Å². The number of pyridine rings is 1. The van der Waals surface area contributed by atoms with E-state index in [9.17, 15) is 19.5 Å². The van der Waals surface area contributed by atoms with Crippen molar-refractivity contribution < 1.29 is 9.50 Å². The first-order valence-corrected chi connectivity index (χ1v) is 12.9. The monoisotopic (exact) mass is 519 g/mol. The normalized spacial score (nSPS) is 17.9. The van der Waals surface area contributed by atoms with E-state index in [1.165, 1.54) is 28.3 Å². The Balaban J connectivity index is 1.62. The zero-order valence-electron chi connectivity index (χ0n) is 21.6. The molecule has 2 aliphatic carbocycles. The number of rotatable bonds is 5. The highest BCUT2D eigenvalue weighted by Gasteiger charge is 2.32. The molecule has 10 heteroatoms. The molecule has 38 heavy (non-hydrogen) atoms. The summed E-state index contributed by atoms with van der Waals surface area (Å²) in [5, 5.41) is 13.2. The lowest BCUT2D eigenvalue weighted by atomic mass is 10.0. The molecule has 2 N–H and O–H groups in total. The van der Waals surface area contributed by atoms with Gasteiger partial charge in [0.1, 0.15) is 16.9 Å². The van der Waals surface area contributed by atoms with Crippen molar-refractivity contribution in [3.63, 3.8) is 0 Å². The number of benzene rings is 1. The number of aliphatic hydroxyl groups excluding tert-OH is 1. The molecule has 0 unspecified atom stereocenters. The predicted octanol–water partition coefficient (Wildman–Crippen LogP) is 2.59. The molecule has 1 aromatic carbocycles. The van der Waals surface area contributed by atoms with Gasteiger partial charge in [0.05, 0.1) is 17.5 Å². The number of nitrogens with one attached hydrogen (secondary N) is 1. The Morgan fingerprint density at radius 3 is 2.47 bits per heavy atom. The third-order valence-electron chi connectivity index (χ3n) is 7.71. The van der Waals surface area contributed by atoms with E-state index in [1.54, 1.807) is 19.9 Å². The number of allylic oxidation sites excluding steroid dienone is 3. The number of hydrogen-bond donors (Lipinski definition) is 2. The number of nitrogens with zero attached hydrogens (tertiary/aromatic N) is 4. The minimum absolute atomic E-state index is 0.0137. The lowest BCUT2D eigenvalue weighted by Crippen LogP contribution is -2.49. The molecular formula is C28H30FN5O4. The highest BCUT2D eigenvalue weighted by atomic mass is 19.1. The number of likely N-dealkylation sites (tertiary alicyclic amines) is 1. The minimum atomic E-state index is -0.659. The molecule has 9 nitrogen and oxygen atoms in total. The van der Waals surface area contributed by atoms with Gasteiger partial charge in [-0.2, -0.15) is 0 Å². The standard InChI is InChI=1S/C28H30FN5O4/c1-15-7-10-22(21(29)11-15)34-25-23(27(37)33(28(34)38)18-8-9-18)24(16(2)26(36)31(25)3)30-17-5-4-6-19(12-17)32-13-20(35)14-32/h5,7,10-12,18,20,30,35H,4,6,8-9,13-14H2,1-3H3. The summed E-state index contributed by atoms with van der Waals surface area (Å²) in [6.07, 6.45) is 6.59. The van der Waals surface area contributed by atoms with Crippen LogP contribution in [0.4, 0.5) is 10.1 Å². The average Bonchev–Trinajstić information content (AvgIpc) is 3.69. The Hall–Kier alpha value is -3.92. The van der Waals surface area contributed by atoms with Gasteiger partial charge >= 0.3 is 5.69 Å². The van der Waals surface area contributed by atoms with E-state index in [1.807, 2.05) is 12.2 Å². The molecule has 3 aromatic rings. The lowest BCUT2D eigenvalue weighted by Gasteiger charge is -2.40. The Labute approximate surface area is 217 Å². The zero-order valence-corrected chi connectivity index (χ0v) is 21.6. The number of fused-ring (bicyclic) bond motifs is 1. The Morgan fingerprint density at radius 2 is 1.82 bits per heavy atom. The van der Waals surface area contributed by atoms with Gasteiger partial charge in [0.15, 0.2) is 0 Å². The second kappa shape index (κ2) is 8.83. The van der Waals surface area contributed by atoms with Gasteiger partial charge in [0, 0.05) is 43.1 Å². The summed E-state index contributed by atoms with van der Waals surface area (Å²) in [4.78, 5) is 43.2. The summed E-state index contributed by atoms with van der Waals surface area (Å²) >= 11 is 0. The first kappa shape index (κ1) is 24.4. The molecule has 0 bridgehead atoms. The topological polar surface area (TPSA) is 102 Å². The second-order valence-electron chi connectivity index (χ2n) is 10.6. The molecule has 0 spiro atoms. The van der Waals surface area contributed by atoms with Crippen LogP contribution in [-0.4, -0.2) is 42.9 Å². The number of aromatic nitrogens is 3. The molecule has 2 fully saturated rings. The minimum Gasteiger partial charge on any atom is -0.389 e. The van der Waals surface area contributed by atoms with E-state index < -0.39 is 22.6 Å². The molecule has 3 aliphatic rings. The molecule has 1 saturated heterocycles. The summed E-state index contributed by atoms with van der Waals surface area (Å²) in [7, 11) is 1.50. The van der Waals surface area contributed by atoms with Gasteiger partial charge in [-0.1, -0.05) is 12.1 Å². The average molecular weight is 520 g/mol. The van der Waals surface area contributed by atoms with E-state index in [0.717, 1.165) is 28.8 Å². The van der Waals surface area contributed by atoms with Crippen molar-refractivity contribution in [1.82, 2.24) is 18.6 Å². The molecule has 2 aromatic heterocycles. The third-order valence-corrected chi connectivity index (χ3v) is 7.71. The maximum absolute atomic E-state index is 15.3. The SMILES string of the molecule is Cc1ccc(-n2c(=O)n(C3CC3)c(=O)c3c(NC4=CCCC(N5CC(O)C5)=C4)c(C)c(=O)n(C)c32)c(F)c1. The number of aryl methyl sites for hydroxylation is 2. The van der Waals surface area contributed by atoms with Gasteiger partial charge in [-0.3, -0.25) is 18.7 Å². The quantitative estimate of drug-likeness (QED) is 0.538. The maximum atomic E-state index is 15.3. The Bertz CT molecular complexity index is 1740. The number of halogens is 1. The van der Waals surface area contributed by atoms with Crippen LogP contribution < -0.4 is 22.1 Å². The molecule has 6 rings (SSSR count). The van der Waals surface area contributed by atoms with E-state index in [-0.39, 0.29) is 28.9 Å². The lowest BCUT2D eigenvalue weighted by molar-refractivity contribution is 0.0223. The van der Waals surface area contributed by atoms with Crippen molar-refractivity contribution >= 4 is 16.7 Å². The van der Waals surface area contributed by atoms with Gasteiger partial charge in [0.2, 0.25) is 0 Å². The van der Waals surface area contributed by atoms with E-state index >= 15 is 4.39 Å². The summed E-state index contributed by atoms with van der Waals surface area (Å²) in [5.74, 6) is -0.615. The fourth-order valence-electron chi connectivity index (χ4n) is 5.47. The molecule has 0 radical (unpaired) electrons. The molecule has 3 heterocycles. The summed E-state index contributed by atoms with van der Waals surface area (Å²) < 4.78 is 18.9. The largest absolute Gasteiger partial charge is 0.389 e. The maximum Gasteiger partial charge on any atom is 0.337 e. The van der Waals surface area contributed by atoms with Crippen LogP contribution in [-0.2, 0) is 7.05 Å². The van der Waals surface area contributed by atoms with E-state index in [0.29, 0.717) is 42.7 Å². The highest BCUT2D eigenvalue weighted by Crippen LogP contribution is 2.34. The smallest absolute Gasteiger partial charge is 0.337 e. The van der Waals surface area contributed by atoms with Crippen molar-refractivity contribution in [2.45, 2.75) is 51.7 Å². The van der Waals surface area contributed by atoms with Crippen LogP contribution in [0.2, 0.25) is 0 Å². The fourth-order valence-corrected chi connectivity index (χ4v) is 5.47. The second-order valence-corrected chi connectivity index (χ2v) is 10.6. The number of anilines is 1. The zero-order chi connectivity index (χ0) is 26.9. The molecule has 0 amide bonds. The van der Waals surface area contributed by atoms with Crippen molar-refractivity contribution in [3.05, 3.63) is 89.9 Å². The van der Waals surface area contributed by atoms with Crippen LogP contribution >= 0.6 is 0 Å². The highest BCUT2D eigenvalue weighted by molar-refractivity contribution is 5.92. The predicted molar refractivity (Wildman–Crippen MR) is 143 cm³/mol. The number of β-amino-alcohol motifs (C(OH)–C–C–N with tert-alkyl or cyclic N) is 1. The number of hydrogen-bond acceptors (Lipinski definition) is 6. The molecule has 1 saturated carbocycles. The molecule has 198 valence electrons. The van der Waals surface area contributed by atoms with Crippen LogP contribution in [0.3, 0.4) is 0 Å². The summed E-state index contributed by atoms with van der Waals surface area (Å²) in [6.45, 7) is 4.55. The first-order chi connectivity index (χ1) is 18.2. The van der Waals surface area contributed by atoms with Crippen molar-refractivity contribution in [3.8, 4) is 5.69 Å². The van der Waals surface area contributed by atoms with Crippen LogP contribution in [0.5, 0.6) is 0 Å². The molecule has 1 aliphatic heterocycles. The van der Waals surface area contributed by atoms with Crippen LogP contribution in [0.1, 0.15) is 42.9 Å². The first-order valence-electron chi connectivity index (χ1n) is 12.9. The third kappa shape index (κ3) is 3.82. The Morgan fingerprint density at radius 1 is 1.08 bits per heavy atom. The van der Waals surface area contributed by atoms with Gasteiger partial charge < -0.3 is 15.3 Å². The summed E-state index contributed by atoms with van der Waals surface area (Å²) in [5.41, 5.74) is 1.61.